The number of nitrogen functional groups attached to an aromatic ring is 1. The molecule has 0 saturated heterocycles. The number of nitrogens with one attached hydrogen (secondary N) is 1. The number of H-pyrrole nitrogens is 1. The quantitative estimate of drug-likeness (QED) is 0.648. The van der Waals surface area contributed by atoms with Gasteiger partial charge in [-0.3, -0.25) is 5.10 Å². The molecule has 2 rings (SSSR count). The Morgan fingerprint density at radius 3 is 2.69 bits per heavy atom. The molecule has 0 atom stereocenters. The van der Waals surface area contributed by atoms with Crippen LogP contribution in [0.25, 0.3) is 11.4 Å². The van der Waals surface area contributed by atoms with Crippen molar-refractivity contribution in [2.24, 2.45) is 7.05 Å². The number of aryl methyl sites for hydroxylation is 1. The van der Waals surface area contributed by atoms with Gasteiger partial charge >= 0.3 is 0 Å². The van der Waals surface area contributed by atoms with E-state index in [-0.39, 0.29) is 0 Å². The highest BCUT2D eigenvalue weighted by atomic mass is 15.3. The summed E-state index contributed by atoms with van der Waals surface area (Å²) in [5.74, 6) is 2.08. The first-order valence-electron chi connectivity index (χ1n) is 3.85. The van der Waals surface area contributed by atoms with E-state index < -0.39 is 0 Å². The standard InChI is InChI=1S/C7H10N6/c1-4-10-12-7(13(4)2)5-3-9-11-6(5)8/h3H,1-2H3,(H3,8,9,11). The summed E-state index contributed by atoms with van der Waals surface area (Å²) in [6.07, 6.45) is 1.64. The number of hydrogen-bond acceptors (Lipinski definition) is 4. The summed E-state index contributed by atoms with van der Waals surface area (Å²) in [5.41, 5.74) is 6.43. The number of nitrogens with zero attached hydrogens (tertiary/aromatic N) is 4. The van der Waals surface area contributed by atoms with Gasteiger partial charge in [0.1, 0.15) is 11.6 Å². The van der Waals surface area contributed by atoms with E-state index in [0.29, 0.717) is 5.82 Å². The van der Waals surface area contributed by atoms with Crippen molar-refractivity contribution in [3.05, 3.63) is 12.0 Å². The molecule has 0 aromatic carbocycles. The second kappa shape index (κ2) is 2.58. The molecule has 2 heterocycles. The van der Waals surface area contributed by atoms with Crippen molar-refractivity contribution in [1.82, 2.24) is 25.0 Å². The fourth-order valence-electron chi connectivity index (χ4n) is 1.12. The van der Waals surface area contributed by atoms with Crippen LogP contribution in [0.3, 0.4) is 0 Å². The molecule has 0 amide bonds. The van der Waals surface area contributed by atoms with E-state index in [1.165, 1.54) is 0 Å². The SMILES string of the molecule is Cc1nnc(-c2cn[nH]c2N)n1C. The lowest BCUT2D eigenvalue weighted by Gasteiger charge is -1.98. The van der Waals surface area contributed by atoms with Crippen LogP contribution in [0, 0.1) is 6.92 Å². The molecule has 0 bridgehead atoms. The van der Waals surface area contributed by atoms with E-state index in [0.717, 1.165) is 17.2 Å². The van der Waals surface area contributed by atoms with Crippen molar-refractivity contribution in [3.63, 3.8) is 0 Å². The molecule has 68 valence electrons. The van der Waals surface area contributed by atoms with Gasteiger partial charge in [0.05, 0.1) is 11.8 Å². The number of aromatic amines is 1. The molecule has 0 aliphatic carbocycles. The highest BCUT2D eigenvalue weighted by molar-refractivity contribution is 5.67. The maximum atomic E-state index is 5.65. The van der Waals surface area contributed by atoms with Crippen LogP contribution in [0.2, 0.25) is 0 Å². The molecule has 0 saturated carbocycles. The number of anilines is 1. The summed E-state index contributed by atoms with van der Waals surface area (Å²) in [7, 11) is 1.89. The van der Waals surface area contributed by atoms with Gasteiger partial charge in [-0.2, -0.15) is 5.10 Å². The Morgan fingerprint density at radius 2 is 2.23 bits per heavy atom. The van der Waals surface area contributed by atoms with Gasteiger partial charge in [0.25, 0.3) is 0 Å². The lowest BCUT2D eigenvalue weighted by molar-refractivity contribution is 0.865. The van der Waals surface area contributed by atoms with Crippen molar-refractivity contribution in [1.29, 1.82) is 0 Å². The average Bonchev–Trinajstić information content (AvgIpc) is 2.62. The Kier molecular flexibility index (Phi) is 1.54. The number of rotatable bonds is 1. The molecule has 6 heteroatoms. The number of aromatic nitrogens is 5. The monoisotopic (exact) mass is 178 g/mol. The zero-order valence-electron chi connectivity index (χ0n) is 7.44. The topological polar surface area (TPSA) is 85.4 Å². The second-order valence-corrected chi connectivity index (χ2v) is 2.83. The molecule has 0 aliphatic rings. The molecule has 2 aromatic rings. The van der Waals surface area contributed by atoms with E-state index in [4.69, 9.17) is 5.73 Å². The summed E-state index contributed by atoms with van der Waals surface area (Å²) < 4.78 is 1.86. The highest BCUT2D eigenvalue weighted by Crippen LogP contribution is 2.20. The number of nitrogens with two attached hydrogens (primary N) is 1. The van der Waals surface area contributed by atoms with Gasteiger partial charge < -0.3 is 10.3 Å². The van der Waals surface area contributed by atoms with Crippen LogP contribution in [-0.4, -0.2) is 25.0 Å². The molecule has 2 aromatic heterocycles. The predicted octanol–water partition coefficient (Wildman–Crippen LogP) is 0.0958. The first-order chi connectivity index (χ1) is 6.20. The summed E-state index contributed by atoms with van der Waals surface area (Å²) in [5, 5.41) is 14.4. The molecule has 3 N–H and O–H groups in total. The maximum absolute atomic E-state index is 5.65. The fourth-order valence-corrected chi connectivity index (χ4v) is 1.12. The highest BCUT2D eigenvalue weighted by Gasteiger charge is 2.11. The summed E-state index contributed by atoms with van der Waals surface area (Å²) in [6.45, 7) is 1.88. The van der Waals surface area contributed by atoms with Crippen molar-refractivity contribution >= 4 is 5.82 Å². The Hall–Kier alpha value is -1.85. The Bertz CT molecular complexity index is 426. The van der Waals surface area contributed by atoms with Crippen LogP contribution in [0.5, 0.6) is 0 Å². The van der Waals surface area contributed by atoms with E-state index >= 15 is 0 Å². The second-order valence-electron chi connectivity index (χ2n) is 2.83. The summed E-state index contributed by atoms with van der Waals surface area (Å²) >= 11 is 0. The molecule has 0 spiro atoms. The van der Waals surface area contributed by atoms with Gasteiger partial charge in [0, 0.05) is 7.05 Å². The third-order valence-corrected chi connectivity index (χ3v) is 2.00. The molecule has 0 fully saturated rings. The van der Waals surface area contributed by atoms with E-state index in [1.807, 2.05) is 18.5 Å². The minimum absolute atomic E-state index is 0.510. The normalized spacial score (nSPS) is 10.6. The number of hydrogen-bond donors (Lipinski definition) is 2. The molecule has 0 radical (unpaired) electrons. The van der Waals surface area contributed by atoms with Crippen molar-refractivity contribution in [2.45, 2.75) is 6.92 Å². The van der Waals surface area contributed by atoms with Crippen LogP contribution < -0.4 is 5.73 Å². The molecular weight excluding hydrogens is 168 g/mol. The molecule has 0 unspecified atom stereocenters. The van der Waals surface area contributed by atoms with Gasteiger partial charge in [-0.15, -0.1) is 10.2 Å². The van der Waals surface area contributed by atoms with E-state index in [2.05, 4.69) is 20.4 Å². The van der Waals surface area contributed by atoms with Crippen LogP contribution in [-0.2, 0) is 7.05 Å². The van der Waals surface area contributed by atoms with Gasteiger partial charge in [-0.25, -0.2) is 0 Å². The van der Waals surface area contributed by atoms with Gasteiger partial charge in [-0.1, -0.05) is 0 Å². The lowest BCUT2D eigenvalue weighted by atomic mass is 10.3. The first-order valence-corrected chi connectivity index (χ1v) is 3.85. The molecular formula is C7H10N6. The van der Waals surface area contributed by atoms with Gasteiger partial charge in [-0.05, 0) is 6.92 Å². The van der Waals surface area contributed by atoms with E-state index in [9.17, 15) is 0 Å². The van der Waals surface area contributed by atoms with Gasteiger partial charge in [0.15, 0.2) is 5.82 Å². The molecule has 0 aliphatic heterocycles. The largest absolute Gasteiger partial charge is 0.383 e. The Labute approximate surface area is 74.8 Å². The Morgan fingerprint density at radius 1 is 1.46 bits per heavy atom. The zero-order chi connectivity index (χ0) is 9.42. The maximum Gasteiger partial charge on any atom is 0.169 e. The lowest BCUT2D eigenvalue weighted by Crippen LogP contribution is -1.96. The summed E-state index contributed by atoms with van der Waals surface area (Å²) in [6, 6.07) is 0. The van der Waals surface area contributed by atoms with Crippen LogP contribution in [0.15, 0.2) is 6.20 Å². The summed E-state index contributed by atoms with van der Waals surface area (Å²) in [4.78, 5) is 0. The minimum atomic E-state index is 0.510. The third-order valence-electron chi connectivity index (χ3n) is 2.00. The van der Waals surface area contributed by atoms with Gasteiger partial charge in [0.2, 0.25) is 0 Å². The first kappa shape index (κ1) is 7.78. The minimum Gasteiger partial charge on any atom is -0.383 e. The Balaban J connectivity index is 2.59. The average molecular weight is 178 g/mol. The smallest absolute Gasteiger partial charge is 0.169 e. The van der Waals surface area contributed by atoms with Crippen LogP contribution >= 0.6 is 0 Å². The zero-order valence-corrected chi connectivity index (χ0v) is 7.44. The van der Waals surface area contributed by atoms with Crippen molar-refractivity contribution in [2.75, 3.05) is 5.73 Å². The van der Waals surface area contributed by atoms with E-state index in [1.54, 1.807) is 6.20 Å². The molecule has 6 nitrogen and oxygen atoms in total. The van der Waals surface area contributed by atoms with Crippen molar-refractivity contribution in [3.8, 4) is 11.4 Å². The van der Waals surface area contributed by atoms with Crippen molar-refractivity contribution < 1.29 is 0 Å². The van der Waals surface area contributed by atoms with Crippen LogP contribution in [0.1, 0.15) is 5.82 Å². The van der Waals surface area contributed by atoms with Crippen LogP contribution in [0.4, 0.5) is 5.82 Å². The fraction of sp³-hybridized carbons (Fsp3) is 0.286. The predicted molar refractivity (Wildman–Crippen MR) is 47.7 cm³/mol. The molecule has 13 heavy (non-hydrogen) atoms. The third kappa shape index (κ3) is 1.07.